The topological polar surface area (TPSA) is 27.7 Å². The minimum atomic E-state index is -2.72. The van der Waals surface area contributed by atoms with Gasteiger partial charge in [-0.05, 0) is 0 Å². The molecule has 20 heavy (non-hydrogen) atoms. The summed E-state index contributed by atoms with van der Waals surface area (Å²) >= 11 is -0.197. The number of benzene rings is 2. The normalized spacial score (nSPS) is 11.8. The average molecular weight is 401 g/mol. The summed E-state index contributed by atoms with van der Waals surface area (Å²) in [6, 6.07) is 18.9. The Morgan fingerprint density at radius 2 is 1.35 bits per heavy atom. The molecule has 0 saturated heterocycles. The number of halogens is 1. The van der Waals surface area contributed by atoms with E-state index in [4.69, 9.17) is 13.3 Å². The summed E-state index contributed by atoms with van der Waals surface area (Å²) in [4.78, 5) is 0. The van der Waals surface area contributed by atoms with Crippen LogP contribution in [0.15, 0.2) is 54.6 Å². The van der Waals surface area contributed by atoms with E-state index in [0.717, 1.165) is 5.19 Å². The summed E-state index contributed by atoms with van der Waals surface area (Å²) in [5.41, 5.74) is 0. The fraction of sp³-hybridized carbons (Fsp3) is 0.200. The van der Waals surface area contributed by atoms with E-state index >= 15 is 0 Å². The van der Waals surface area contributed by atoms with E-state index < -0.39 is 8.80 Å². The molecule has 0 spiro atoms. The molecule has 0 atom stereocenters. The van der Waals surface area contributed by atoms with Crippen molar-refractivity contribution in [2.45, 2.75) is 0 Å². The zero-order valence-corrected chi connectivity index (χ0v) is 15.0. The molecular weight excluding hydrogens is 383 g/mol. The third kappa shape index (κ3) is 3.47. The molecule has 2 aromatic rings. The molecule has 0 amide bonds. The van der Waals surface area contributed by atoms with Gasteiger partial charge in [-0.3, -0.25) is 0 Å². The first-order chi connectivity index (χ1) is 9.74. The van der Waals surface area contributed by atoms with Crippen LogP contribution >= 0.6 is 0 Å². The van der Waals surface area contributed by atoms with Crippen LogP contribution in [0.4, 0.5) is 0 Å². The van der Waals surface area contributed by atoms with Crippen molar-refractivity contribution in [1.29, 1.82) is 0 Å². The third-order valence-corrected chi connectivity index (χ3v) is 8.20. The zero-order valence-electron chi connectivity index (χ0n) is 11.8. The molecule has 0 aromatic heterocycles. The number of hydrogen-bond acceptors (Lipinski definition) is 3. The van der Waals surface area contributed by atoms with E-state index in [0.29, 0.717) is 0 Å². The molecular formula is C15H18IO3Si-. The molecule has 0 N–H and O–H groups in total. The van der Waals surface area contributed by atoms with Gasteiger partial charge in [-0.1, -0.05) is 0 Å². The van der Waals surface area contributed by atoms with Crippen molar-refractivity contribution in [3.05, 3.63) is 61.7 Å². The van der Waals surface area contributed by atoms with Gasteiger partial charge < -0.3 is 0 Å². The predicted molar refractivity (Wildman–Crippen MR) is 76.7 cm³/mol. The molecule has 0 heterocycles. The van der Waals surface area contributed by atoms with Crippen LogP contribution in [0.2, 0.25) is 0 Å². The first-order valence-electron chi connectivity index (χ1n) is 6.20. The summed E-state index contributed by atoms with van der Waals surface area (Å²) in [6.45, 7) is 0. The van der Waals surface area contributed by atoms with Gasteiger partial charge in [0.1, 0.15) is 0 Å². The van der Waals surface area contributed by atoms with Gasteiger partial charge in [-0.15, -0.1) is 0 Å². The Bertz CT molecular complexity index is 536. The van der Waals surface area contributed by atoms with Crippen molar-refractivity contribution in [3.8, 4) is 0 Å². The Balaban J connectivity index is 2.28. The molecule has 0 aliphatic rings. The van der Waals surface area contributed by atoms with Crippen LogP contribution in [-0.4, -0.2) is 30.1 Å². The molecule has 0 bridgehead atoms. The third-order valence-electron chi connectivity index (χ3n) is 2.94. The molecule has 0 unspecified atom stereocenters. The molecule has 0 aliphatic carbocycles. The fourth-order valence-corrected chi connectivity index (χ4v) is 6.45. The molecule has 108 valence electrons. The Hall–Kier alpha value is -0.733. The average Bonchev–Trinajstić information content (AvgIpc) is 2.51. The Labute approximate surface area is 131 Å². The van der Waals surface area contributed by atoms with Crippen molar-refractivity contribution < 1.29 is 34.5 Å². The van der Waals surface area contributed by atoms with Crippen LogP contribution in [-0.2, 0) is 13.3 Å². The van der Waals surface area contributed by atoms with Crippen molar-refractivity contribution in [2.24, 2.45) is 0 Å². The van der Waals surface area contributed by atoms with Crippen LogP contribution in [0.25, 0.3) is 0 Å². The monoisotopic (exact) mass is 401 g/mol. The molecule has 2 rings (SSSR count). The summed E-state index contributed by atoms with van der Waals surface area (Å²) < 4.78 is 19.3. The summed E-state index contributed by atoms with van der Waals surface area (Å²) in [5, 5.41) is 1.01. The number of hydrogen-bond donors (Lipinski definition) is 0. The van der Waals surface area contributed by atoms with Crippen LogP contribution in [0, 0.1) is 7.14 Å². The Morgan fingerprint density at radius 3 is 1.95 bits per heavy atom. The minimum absolute atomic E-state index is 0.197. The molecule has 0 aliphatic heterocycles. The van der Waals surface area contributed by atoms with E-state index in [1.165, 1.54) is 7.14 Å². The SMILES string of the molecule is CO[Si](OC)(OC)c1cccc([I-]c2ccccc2)c1. The molecule has 0 saturated carbocycles. The fourth-order valence-electron chi connectivity index (χ4n) is 1.94. The van der Waals surface area contributed by atoms with Gasteiger partial charge in [-0.25, -0.2) is 0 Å². The van der Waals surface area contributed by atoms with Gasteiger partial charge in [0.2, 0.25) is 0 Å². The molecule has 3 nitrogen and oxygen atoms in total. The van der Waals surface area contributed by atoms with E-state index in [2.05, 4.69) is 36.4 Å². The standard InChI is InChI=1S/C15H18IO3Si/c1-17-20(18-2,19-3)15-11-7-10-14(12-15)16-13-8-5-4-6-9-13/h4-12H,1-3H3/q-1. The van der Waals surface area contributed by atoms with Gasteiger partial charge in [0, 0.05) is 0 Å². The van der Waals surface area contributed by atoms with E-state index in [-0.39, 0.29) is 21.2 Å². The second kappa shape index (κ2) is 7.33. The van der Waals surface area contributed by atoms with Gasteiger partial charge in [0.05, 0.1) is 0 Å². The van der Waals surface area contributed by atoms with E-state index in [1.54, 1.807) is 21.3 Å². The van der Waals surface area contributed by atoms with Gasteiger partial charge >= 0.3 is 132 Å². The van der Waals surface area contributed by atoms with E-state index in [9.17, 15) is 0 Å². The summed E-state index contributed by atoms with van der Waals surface area (Å²) in [5.74, 6) is 0. The van der Waals surface area contributed by atoms with Crippen molar-refractivity contribution in [2.75, 3.05) is 21.3 Å². The van der Waals surface area contributed by atoms with Gasteiger partial charge in [0.25, 0.3) is 0 Å². The maximum atomic E-state index is 5.53. The number of rotatable bonds is 6. The Kier molecular flexibility index (Phi) is 5.73. The van der Waals surface area contributed by atoms with Crippen molar-refractivity contribution in [1.82, 2.24) is 0 Å². The van der Waals surface area contributed by atoms with Crippen LogP contribution in [0.5, 0.6) is 0 Å². The van der Waals surface area contributed by atoms with Crippen LogP contribution < -0.4 is 26.4 Å². The molecule has 0 radical (unpaired) electrons. The molecule has 0 fully saturated rings. The maximum absolute atomic E-state index is 5.53. The summed E-state index contributed by atoms with van der Waals surface area (Å²) in [7, 11) is 2.19. The van der Waals surface area contributed by atoms with Crippen molar-refractivity contribution >= 4 is 14.0 Å². The predicted octanol–water partition coefficient (Wildman–Crippen LogP) is -1.10. The van der Waals surface area contributed by atoms with E-state index in [1.807, 2.05) is 18.2 Å². The molecule has 2 aromatic carbocycles. The summed E-state index contributed by atoms with van der Waals surface area (Å²) in [6.07, 6.45) is 0. The first kappa shape index (κ1) is 15.7. The zero-order chi connectivity index (χ0) is 14.4. The van der Waals surface area contributed by atoms with Gasteiger partial charge in [-0.2, -0.15) is 0 Å². The quantitative estimate of drug-likeness (QED) is 0.455. The second-order valence-electron chi connectivity index (χ2n) is 4.07. The second-order valence-corrected chi connectivity index (χ2v) is 10.0. The van der Waals surface area contributed by atoms with Crippen LogP contribution in [0.1, 0.15) is 0 Å². The van der Waals surface area contributed by atoms with Crippen LogP contribution in [0.3, 0.4) is 0 Å². The Morgan fingerprint density at radius 1 is 0.750 bits per heavy atom. The van der Waals surface area contributed by atoms with Gasteiger partial charge in [0.15, 0.2) is 0 Å². The molecule has 5 heteroatoms. The first-order valence-corrected chi connectivity index (χ1v) is 10.1. The van der Waals surface area contributed by atoms with Crippen molar-refractivity contribution in [3.63, 3.8) is 0 Å².